The first-order valence-electron chi connectivity index (χ1n) is 10.2. The fourth-order valence-corrected chi connectivity index (χ4v) is 5.01. The summed E-state index contributed by atoms with van der Waals surface area (Å²) in [4.78, 5) is 4.77. The largest absolute Gasteiger partial charge is 0.381 e. The Bertz CT molecular complexity index is 588. The lowest BCUT2D eigenvalue weighted by Crippen LogP contribution is -2.44. The van der Waals surface area contributed by atoms with E-state index >= 15 is 0 Å². The highest BCUT2D eigenvalue weighted by Crippen LogP contribution is 2.46. The molecule has 2 N–H and O–H groups in total. The van der Waals surface area contributed by atoms with Gasteiger partial charge < -0.3 is 14.9 Å². The first kappa shape index (κ1) is 17.2. The molecule has 5 nitrogen and oxygen atoms in total. The van der Waals surface area contributed by atoms with Gasteiger partial charge in [-0.2, -0.15) is 4.98 Å². The lowest BCUT2D eigenvalue weighted by molar-refractivity contribution is -0.0856. The summed E-state index contributed by atoms with van der Waals surface area (Å²) in [6.07, 6.45) is 15.6. The third kappa shape index (κ3) is 3.41. The summed E-state index contributed by atoms with van der Waals surface area (Å²) in [7, 11) is 0. The Kier molecular flexibility index (Phi) is 5.23. The van der Waals surface area contributed by atoms with Crippen LogP contribution in [0.4, 0.5) is 0 Å². The molecule has 1 aromatic rings. The SMILES string of the molecule is OC(c1noc(C2CCNCC2)n1)(C1C=CCCC1)C1CCCCC1. The molecule has 1 saturated carbocycles. The van der Waals surface area contributed by atoms with E-state index in [1.807, 2.05) is 0 Å². The molecule has 2 unspecified atom stereocenters. The van der Waals surface area contributed by atoms with Gasteiger partial charge in [-0.1, -0.05) is 36.6 Å². The van der Waals surface area contributed by atoms with Gasteiger partial charge in [-0.15, -0.1) is 0 Å². The average Bonchev–Trinajstić information content (AvgIpc) is 3.20. The van der Waals surface area contributed by atoms with Crippen LogP contribution >= 0.6 is 0 Å². The molecule has 138 valence electrons. The van der Waals surface area contributed by atoms with Crippen LogP contribution < -0.4 is 5.32 Å². The van der Waals surface area contributed by atoms with Crippen LogP contribution in [0.15, 0.2) is 16.7 Å². The maximum Gasteiger partial charge on any atom is 0.229 e. The summed E-state index contributed by atoms with van der Waals surface area (Å²) in [6.45, 7) is 2.00. The molecule has 2 atom stereocenters. The Balaban J connectivity index is 1.64. The third-order valence-electron chi connectivity index (χ3n) is 6.54. The van der Waals surface area contributed by atoms with Crippen molar-refractivity contribution in [2.24, 2.45) is 11.8 Å². The second-order valence-electron chi connectivity index (χ2n) is 8.11. The molecule has 2 heterocycles. The Morgan fingerprint density at radius 1 is 1.04 bits per heavy atom. The summed E-state index contributed by atoms with van der Waals surface area (Å²) in [5.74, 6) is 1.96. The van der Waals surface area contributed by atoms with Crippen molar-refractivity contribution < 1.29 is 9.63 Å². The Hall–Kier alpha value is -1.20. The smallest absolute Gasteiger partial charge is 0.229 e. The first-order chi connectivity index (χ1) is 12.3. The van der Waals surface area contributed by atoms with Crippen molar-refractivity contribution in [1.29, 1.82) is 0 Å². The third-order valence-corrected chi connectivity index (χ3v) is 6.54. The number of hydrogen-bond donors (Lipinski definition) is 2. The number of rotatable bonds is 4. The van der Waals surface area contributed by atoms with Gasteiger partial charge in [-0.25, -0.2) is 0 Å². The van der Waals surface area contributed by atoms with Crippen LogP contribution in [-0.2, 0) is 5.60 Å². The standard InChI is InChI=1S/C20H31N3O2/c24-20(16-7-3-1-4-8-16,17-9-5-2-6-10-17)19-22-18(25-23-19)15-11-13-21-14-12-15/h3,7,15-17,21,24H,1-2,4-6,8-14H2. The van der Waals surface area contributed by atoms with Crippen LogP contribution in [0.25, 0.3) is 0 Å². The molecule has 0 bridgehead atoms. The van der Waals surface area contributed by atoms with E-state index in [0.29, 0.717) is 11.7 Å². The van der Waals surface area contributed by atoms with E-state index in [4.69, 9.17) is 9.51 Å². The second-order valence-corrected chi connectivity index (χ2v) is 8.11. The summed E-state index contributed by atoms with van der Waals surface area (Å²) in [5, 5.41) is 19.6. The van der Waals surface area contributed by atoms with E-state index < -0.39 is 5.60 Å². The molecule has 0 radical (unpaired) electrons. The topological polar surface area (TPSA) is 71.2 Å². The minimum atomic E-state index is -0.966. The van der Waals surface area contributed by atoms with Crippen LogP contribution in [0, 0.1) is 11.8 Å². The fraction of sp³-hybridized carbons (Fsp3) is 0.800. The van der Waals surface area contributed by atoms with Crippen molar-refractivity contribution in [3.63, 3.8) is 0 Å². The fourth-order valence-electron chi connectivity index (χ4n) is 5.01. The Labute approximate surface area is 150 Å². The van der Waals surface area contributed by atoms with Crippen molar-refractivity contribution in [2.75, 3.05) is 13.1 Å². The number of nitrogens with zero attached hydrogens (tertiary/aromatic N) is 2. The average molecular weight is 345 g/mol. The zero-order valence-corrected chi connectivity index (χ0v) is 15.1. The van der Waals surface area contributed by atoms with Gasteiger partial charge in [0.1, 0.15) is 5.60 Å². The summed E-state index contributed by atoms with van der Waals surface area (Å²) >= 11 is 0. The van der Waals surface area contributed by atoms with E-state index in [-0.39, 0.29) is 11.8 Å². The normalized spacial score (nSPS) is 28.8. The molecule has 1 aliphatic heterocycles. The Morgan fingerprint density at radius 2 is 1.84 bits per heavy atom. The zero-order valence-electron chi connectivity index (χ0n) is 15.1. The highest BCUT2D eigenvalue weighted by Gasteiger charge is 2.48. The minimum Gasteiger partial charge on any atom is -0.381 e. The molecule has 5 heteroatoms. The number of hydrogen-bond acceptors (Lipinski definition) is 5. The maximum atomic E-state index is 11.9. The lowest BCUT2D eigenvalue weighted by atomic mass is 9.67. The summed E-state index contributed by atoms with van der Waals surface area (Å²) < 4.78 is 5.66. The predicted octanol–water partition coefficient (Wildman–Crippen LogP) is 3.66. The molecule has 0 spiro atoms. The van der Waals surface area contributed by atoms with Gasteiger partial charge >= 0.3 is 0 Å². The van der Waals surface area contributed by atoms with Gasteiger partial charge in [-0.05, 0) is 64.0 Å². The van der Waals surface area contributed by atoms with E-state index in [1.54, 1.807) is 0 Å². The predicted molar refractivity (Wildman–Crippen MR) is 96.1 cm³/mol. The van der Waals surface area contributed by atoms with Crippen molar-refractivity contribution in [3.8, 4) is 0 Å². The molecular weight excluding hydrogens is 314 g/mol. The van der Waals surface area contributed by atoms with Crippen LogP contribution in [0.1, 0.15) is 81.8 Å². The van der Waals surface area contributed by atoms with Crippen molar-refractivity contribution in [2.45, 2.75) is 75.7 Å². The minimum absolute atomic E-state index is 0.114. The highest BCUT2D eigenvalue weighted by atomic mass is 16.5. The maximum absolute atomic E-state index is 11.9. The number of allylic oxidation sites excluding steroid dienone is 1. The zero-order chi connectivity index (χ0) is 17.1. The van der Waals surface area contributed by atoms with Gasteiger partial charge in [0, 0.05) is 11.8 Å². The van der Waals surface area contributed by atoms with Gasteiger partial charge in [0.2, 0.25) is 11.7 Å². The van der Waals surface area contributed by atoms with E-state index in [1.165, 1.54) is 19.3 Å². The van der Waals surface area contributed by atoms with Crippen molar-refractivity contribution in [1.82, 2.24) is 15.5 Å². The summed E-state index contributed by atoms with van der Waals surface area (Å²) in [5.41, 5.74) is -0.966. The van der Waals surface area contributed by atoms with Gasteiger partial charge in [0.25, 0.3) is 0 Å². The van der Waals surface area contributed by atoms with Gasteiger partial charge in [-0.3, -0.25) is 0 Å². The van der Waals surface area contributed by atoms with Crippen molar-refractivity contribution in [3.05, 3.63) is 23.9 Å². The molecule has 2 aliphatic carbocycles. The van der Waals surface area contributed by atoms with E-state index in [2.05, 4.69) is 22.6 Å². The molecule has 0 aromatic carbocycles. The quantitative estimate of drug-likeness (QED) is 0.815. The molecular formula is C20H31N3O2. The molecule has 1 saturated heterocycles. The molecule has 1 aromatic heterocycles. The van der Waals surface area contributed by atoms with E-state index in [0.717, 1.165) is 63.9 Å². The number of aromatic nitrogens is 2. The lowest BCUT2D eigenvalue weighted by Gasteiger charge is -2.41. The number of aliphatic hydroxyl groups is 1. The highest BCUT2D eigenvalue weighted by molar-refractivity contribution is 5.14. The van der Waals surface area contributed by atoms with Gasteiger partial charge in [0.15, 0.2) is 0 Å². The molecule has 25 heavy (non-hydrogen) atoms. The summed E-state index contributed by atoms with van der Waals surface area (Å²) in [6, 6.07) is 0. The van der Waals surface area contributed by atoms with Gasteiger partial charge in [0.05, 0.1) is 0 Å². The van der Waals surface area contributed by atoms with Crippen LogP contribution in [0.3, 0.4) is 0 Å². The number of nitrogens with one attached hydrogen (secondary N) is 1. The van der Waals surface area contributed by atoms with Crippen molar-refractivity contribution >= 4 is 0 Å². The van der Waals surface area contributed by atoms with E-state index in [9.17, 15) is 5.11 Å². The van der Waals surface area contributed by atoms with Crippen LogP contribution in [-0.4, -0.2) is 28.3 Å². The second kappa shape index (κ2) is 7.58. The molecule has 3 aliphatic rings. The van der Waals surface area contributed by atoms with Crippen LogP contribution in [0.2, 0.25) is 0 Å². The molecule has 0 amide bonds. The van der Waals surface area contributed by atoms with Crippen LogP contribution in [0.5, 0.6) is 0 Å². The monoisotopic (exact) mass is 345 g/mol. The Morgan fingerprint density at radius 3 is 2.56 bits per heavy atom. The first-order valence-corrected chi connectivity index (χ1v) is 10.2. The molecule has 4 rings (SSSR count). The number of piperidine rings is 1. The molecule has 2 fully saturated rings.